The molecule has 0 bridgehead atoms. The molecule has 3 aliphatic heterocycles. The summed E-state index contributed by atoms with van der Waals surface area (Å²) in [6.07, 6.45) is -3.71. The molecule has 3 saturated heterocycles. The van der Waals surface area contributed by atoms with Gasteiger partial charge in [-0.25, -0.2) is 4.79 Å². The molecule has 3 fully saturated rings. The summed E-state index contributed by atoms with van der Waals surface area (Å²) in [6.45, 7) is 10.4. The van der Waals surface area contributed by atoms with E-state index >= 15 is 0 Å². The number of carbonyl (C=O) groups is 2. The Labute approximate surface area is 152 Å². The monoisotopic (exact) mass is 373 g/mol. The van der Waals surface area contributed by atoms with E-state index in [1.165, 1.54) is 0 Å². The van der Waals surface area contributed by atoms with Crippen LogP contribution in [-0.4, -0.2) is 65.3 Å². The Morgan fingerprint density at radius 2 is 1.46 bits per heavy atom. The van der Waals surface area contributed by atoms with Gasteiger partial charge in [-0.15, -0.1) is 0 Å². The normalized spacial score (nSPS) is 38.5. The molecule has 1 amide bonds. The van der Waals surface area contributed by atoms with Crippen LogP contribution in [0.15, 0.2) is 0 Å². The predicted molar refractivity (Wildman–Crippen MR) is 86.9 cm³/mol. The van der Waals surface area contributed by atoms with Crippen LogP contribution >= 0.6 is 0 Å². The zero-order valence-corrected chi connectivity index (χ0v) is 15.8. The number of rotatable bonds is 4. The van der Waals surface area contributed by atoms with E-state index in [1.54, 1.807) is 41.5 Å². The molecule has 0 spiro atoms. The second-order valence-electron chi connectivity index (χ2n) is 8.16. The summed E-state index contributed by atoms with van der Waals surface area (Å²) in [7, 11) is 0. The lowest BCUT2D eigenvalue weighted by atomic mass is 9.97. The summed E-state index contributed by atoms with van der Waals surface area (Å²) in [5.74, 6) is -3.78. The van der Waals surface area contributed by atoms with E-state index in [1.807, 2.05) is 0 Å². The molecule has 26 heavy (non-hydrogen) atoms. The van der Waals surface area contributed by atoms with Crippen LogP contribution in [0.3, 0.4) is 0 Å². The maximum absolute atomic E-state index is 12.8. The van der Waals surface area contributed by atoms with Crippen LogP contribution in [0.4, 0.5) is 0 Å². The highest BCUT2D eigenvalue weighted by atomic mass is 16.9. The van der Waals surface area contributed by atoms with Gasteiger partial charge in [0, 0.05) is 0 Å². The Balaban J connectivity index is 1.82. The largest absolute Gasteiger partial charge is 0.480 e. The van der Waals surface area contributed by atoms with Crippen molar-refractivity contribution in [3.05, 3.63) is 0 Å². The fourth-order valence-corrected chi connectivity index (χ4v) is 3.57. The number of ether oxygens (including phenoxy) is 5. The Hall–Kier alpha value is -1.26. The zero-order valence-electron chi connectivity index (χ0n) is 15.8. The van der Waals surface area contributed by atoms with Crippen LogP contribution in [0.5, 0.6) is 0 Å². The summed E-state index contributed by atoms with van der Waals surface area (Å²) in [5.41, 5.74) is 0. The molecule has 0 aromatic rings. The number of hydrogen-bond donors (Lipinski definition) is 2. The highest BCUT2D eigenvalue weighted by Crippen LogP contribution is 2.44. The number of aliphatic carboxylic acids is 1. The van der Waals surface area contributed by atoms with Crippen LogP contribution < -0.4 is 5.32 Å². The van der Waals surface area contributed by atoms with Gasteiger partial charge in [-0.3, -0.25) is 4.79 Å². The summed E-state index contributed by atoms with van der Waals surface area (Å²) in [6, 6.07) is -1.03. The first kappa shape index (κ1) is 19.5. The molecule has 3 heterocycles. The molecular weight excluding hydrogens is 346 g/mol. The fourth-order valence-electron chi connectivity index (χ4n) is 3.57. The van der Waals surface area contributed by atoms with E-state index in [9.17, 15) is 14.7 Å². The summed E-state index contributed by atoms with van der Waals surface area (Å²) < 4.78 is 29.2. The highest BCUT2D eigenvalue weighted by molar-refractivity contribution is 5.87. The maximum atomic E-state index is 12.8. The van der Waals surface area contributed by atoms with Gasteiger partial charge in [0.1, 0.15) is 24.4 Å². The second-order valence-corrected chi connectivity index (χ2v) is 8.16. The average molecular weight is 373 g/mol. The van der Waals surface area contributed by atoms with Gasteiger partial charge < -0.3 is 34.1 Å². The van der Waals surface area contributed by atoms with E-state index in [0.717, 1.165) is 0 Å². The molecule has 6 atom stereocenters. The molecule has 0 aromatic heterocycles. The molecule has 0 aliphatic carbocycles. The standard InChI is InChI=1S/C17H27NO8/c1-7(2)8(14(20)21)18-13(19)11-9-10(24-16(3,4)23-9)12-15(22-11)26-17(5,6)25-12/h7-12,15H,1-6H3,(H,18,19)(H,20,21)/t8-,9-,10+,11+,12+,15+/m0/s1. The van der Waals surface area contributed by atoms with Gasteiger partial charge >= 0.3 is 5.97 Å². The first-order valence-corrected chi connectivity index (χ1v) is 8.80. The molecule has 3 rings (SSSR count). The van der Waals surface area contributed by atoms with Crippen molar-refractivity contribution in [1.29, 1.82) is 0 Å². The maximum Gasteiger partial charge on any atom is 0.326 e. The van der Waals surface area contributed by atoms with Crippen molar-refractivity contribution in [3.63, 3.8) is 0 Å². The third-order valence-corrected chi connectivity index (χ3v) is 4.64. The smallest absolute Gasteiger partial charge is 0.326 e. The molecule has 3 aliphatic rings. The zero-order chi connectivity index (χ0) is 19.4. The van der Waals surface area contributed by atoms with Crippen LogP contribution in [-0.2, 0) is 33.3 Å². The van der Waals surface area contributed by atoms with Crippen molar-refractivity contribution < 1.29 is 38.4 Å². The van der Waals surface area contributed by atoms with Gasteiger partial charge in [-0.05, 0) is 33.6 Å². The van der Waals surface area contributed by atoms with Gasteiger partial charge in [-0.2, -0.15) is 0 Å². The van der Waals surface area contributed by atoms with Crippen LogP contribution in [0.25, 0.3) is 0 Å². The number of nitrogens with one attached hydrogen (secondary N) is 1. The van der Waals surface area contributed by atoms with Crippen LogP contribution in [0.1, 0.15) is 41.5 Å². The van der Waals surface area contributed by atoms with E-state index in [2.05, 4.69) is 5.32 Å². The quantitative estimate of drug-likeness (QED) is 0.737. The van der Waals surface area contributed by atoms with E-state index in [4.69, 9.17) is 23.7 Å². The van der Waals surface area contributed by atoms with E-state index < -0.39 is 60.2 Å². The summed E-state index contributed by atoms with van der Waals surface area (Å²) >= 11 is 0. The minimum absolute atomic E-state index is 0.286. The van der Waals surface area contributed by atoms with E-state index in [0.29, 0.717) is 0 Å². The lowest BCUT2D eigenvalue weighted by Crippen LogP contribution is -2.61. The molecule has 9 heteroatoms. The predicted octanol–water partition coefficient (Wildman–Crippen LogP) is 0.608. The number of carboxylic acids is 1. The minimum Gasteiger partial charge on any atom is -0.480 e. The van der Waals surface area contributed by atoms with Gasteiger partial charge in [0.05, 0.1) is 0 Å². The molecule has 0 radical (unpaired) electrons. The second kappa shape index (κ2) is 6.42. The van der Waals surface area contributed by atoms with Crippen molar-refractivity contribution in [2.75, 3.05) is 0 Å². The minimum atomic E-state index is -1.11. The lowest BCUT2D eigenvalue weighted by Gasteiger charge is -2.37. The SMILES string of the molecule is CC(C)[C@H](NC(=O)[C@@H]1O[C@@H]2OC(C)(C)O[C@@H]2[C@@H]2OC(C)(C)O[C@@H]21)C(=O)O. The topological polar surface area (TPSA) is 113 Å². The molecule has 2 N–H and O–H groups in total. The first-order valence-electron chi connectivity index (χ1n) is 8.80. The molecule has 0 unspecified atom stereocenters. The number of fused-ring (bicyclic) bond motifs is 3. The summed E-state index contributed by atoms with van der Waals surface area (Å²) in [5, 5.41) is 11.9. The van der Waals surface area contributed by atoms with Crippen molar-refractivity contribution in [2.24, 2.45) is 5.92 Å². The third-order valence-electron chi connectivity index (χ3n) is 4.64. The number of carboxylic acid groups (broad SMARTS) is 1. The fraction of sp³-hybridized carbons (Fsp3) is 0.882. The van der Waals surface area contributed by atoms with Crippen molar-refractivity contribution in [1.82, 2.24) is 5.32 Å². The van der Waals surface area contributed by atoms with Crippen LogP contribution in [0, 0.1) is 5.92 Å². The van der Waals surface area contributed by atoms with Crippen molar-refractivity contribution in [2.45, 2.75) is 89.9 Å². The Bertz CT molecular complexity index is 589. The number of carbonyl (C=O) groups excluding carboxylic acids is 1. The molecule has 0 aromatic carbocycles. The Kier molecular flexibility index (Phi) is 4.81. The van der Waals surface area contributed by atoms with Gasteiger partial charge in [0.25, 0.3) is 5.91 Å². The van der Waals surface area contributed by atoms with E-state index in [-0.39, 0.29) is 5.92 Å². The first-order chi connectivity index (χ1) is 11.9. The van der Waals surface area contributed by atoms with Crippen LogP contribution in [0.2, 0.25) is 0 Å². The number of amides is 1. The average Bonchev–Trinajstić information content (AvgIpc) is 2.96. The van der Waals surface area contributed by atoms with Crippen molar-refractivity contribution >= 4 is 11.9 Å². The lowest BCUT2D eigenvalue weighted by molar-refractivity contribution is -0.231. The molecule has 0 saturated carbocycles. The van der Waals surface area contributed by atoms with Gasteiger partial charge in [0.2, 0.25) is 0 Å². The van der Waals surface area contributed by atoms with Gasteiger partial charge in [0.15, 0.2) is 24.0 Å². The van der Waals surface area contributed by atoms with Gasteiger partial charge in [-0.1, -0.05) is 13.8 Å². The highest BCUT2D eigenvalue weighted by Gasteiger charge is 2.62. The Morgan fingerprint density at radius 1 is 0.923 bits per heavy atom. The Morgan fingerprint density at radius 3 is 2.04 bits per heavy atom. The molecular formula is C17H27NO8. The number of hydrogen-bond acceptors (Lipinski definition) is 7. The van der Waals surface area contributed by atoms with Crippen molar-refractivity contribution in [3.8, 4) is 0 Å². The summed E-state index contributed by atoms with van der Waals surface area (Å²) in [4.78, 5) is 24.2. The molecule has 9 nitrogen and oxygen atoms in total. The third kappa shape index (κ3) is 3.59. The molecule has 148 valence electrons.